The second-order valence-electron chi connectivity index (χ2n) is 5.16. The number of nitrogens with one attached hydrogen (secondary N) is 1. The van der Waals surface area contributed by atoms with Crippen LogP contribution < -0.4 is 10.5 Å². The molecule has 0 amide bonds. The van der Waals surface area contributed by atoms with E-state index in [0.29, 0.717) is 17.9 Å². The number of nitrogens with two attached hydrogens (primary N) is 1. The normalized spacial score (nSPS) is 11.3. The number of hydrogen-bond donors (Lipinski definition) is 2. The highest BCUT2D eigenvalue weighted by atomic mass is 19.1. The third-order valence-corrected chi connectivity index (χ3v) is 3.07. The second-order valence-corrected chi connectivity index (χ2v) is 5.16. The van der Waals surface area contributed by atoms with Crippen LogP contribution in [0.15, 0.2) is 18.2 Å². The van der Waals surface area contributed by atoms with Crippen LogP contribution >= 0.6 is 0 Å². The monoisotopic (exact) mass is 252 g/mol. The van der Waals surface area contributed by atoms with E-state index in [1.54, 1.807) is 19.1 Å². The van der Waals surface area contributed by atoms with E-state index in [4.69, 9.17) is 15.9 Å². The van der Waals surface area contributed by atoms with Crippen molar-refractivity contribution in [2.24, 2.45) is 11.1 Å². The first-order valence-electron chi connectivity index (χ1n) is 6.06. The summed E-state index contributed by atoms with van der Waals surface area (Å²) >= 11 is 0. The molecule has 0 fully saturated rings. The van der Waals surface area contributed by atoms with Gasteiger partial charge in [0.2, 0.25) is 0 Å². The summed E-state index contributed by atoms with van der Waals surface area (Å²) in [5.41, 5.74) is 5.79. The highest BCUT2D eigenvalue weighted by Gasteiger charge is 2.20. The van der Waals surface area contributed by atoms with Gasteiger partial charge in [0.25, 0.3) is 0 Å². The summed E-state index contributed by atoms with van der Waals surface area (Å²) in [5, 5.41) is 7.44. The molecule has 1 aromatic carbocycles. The Morgan fingerprint density at radius 3 is 2.67 bits per heavy atom. The smallest absolute Gasteiger partial charge is 0.126 e. The standard InChI is InChI=1S/C14H21FN2O/c1-10-9-11(5-6-12(10)15)18-8-4-7-14(2,3)13(16)17/h5-6,9H,4,7-8H2,1-3H3,(H3,16,17). The summed E-state index contributed by atoms with van der Waals surface area (Å²) in [5.74, 6) is 0.648. The minimum absolute atomic E-state index is 0.195. The lowest BCUT2D eigenvalue weighted by molar-refractivity contribution is 0.286. The van der Waals surface area contributed by atoms with Crippen LogP contribution in [0.5, 0.6) is 5.75 Å². The minimum atomic E-state index is -0.290. The van der Waals surface area contributed by atoms with Crippen LogP contribution in [0.2, 0.25) is 0 Å². The number of benzene rings is 1. The maximum absolute atomic E-state index is 13.0. The first-order chi connectivity index (χ1) is 8.33. The first kappa shape index (κ1) is 14.5. The topological polar surface area (TPSA) is 59.1 Å². The Hall–Kier alpha value is -1.58. The van der Waals surface area contributed by atoms with E-state index < -0.39 is 0 Å². The van der Waals surface area contributed by atoms with Crippen LogP contribution in [0.25, 0.3) is 0 Å². The van der Waals surface area contributed by atoms with E-state index in [9.17, 15) is 4.39 Å². The number of hydrogen-bond acceptors (Lipinski definition) is 2. The fraction of sp³-hybridized carbons (Fsp3) is 0.500. The zero-order valence-electron chi connectivity index (χ0n) is 11.2. The van der Waals surface area contributed by atoms with Crippen molar-refractivity contribution < 1.29 is 9.13 Å². The molecular weight excluding hydrogens is 231 g/mol. The maximum Gasteiger partial charge on any atom is 0.126 e. The molecule has 1 rings (SSSR count). The zero-order valence-corrected chi connectivity index (χ0v) is 11.2. The van der Waals surface area contributed by atoms with Gasteiger partial charge in [-0.15, -0.1) is 0 Å². The molecule has 0 atom stereocenters. The summed E-state index contributed by atoms with van der Waals surface area (Å²) in [6, 6.07) is 4.72. The van der Waals surface area contributed by atoms with Gasteiger partial charge in [0.05, 0.1) is 12.4 Å². The molecule has 0 unspecified atom stereocenters. The van der Waals surface area contributed by atoms with Crippen LogP contribution in [-0.4, -0.2) is 12.4 Å². The lowest BCUT2D eigenvalue weighted by atomic mass is 9.87. The lowest BCUT2D eigenvalue weighted by Crippen LogP contribution is -2.31. The summed E-state index contributed by atoms with van der Waals surface area (Å²) in [6.07, 6.45) is 1.60. The summed E-state index contributed by atoms with van der Waals surface area (Å²) < 4.78 is 18.6. The van der Waals surface area contributed by atoms with Gasteiger partial charge in [0.15, 0.2) is 0 Å². The van der Waals surface area contributed by atoms with Crippen molar-refractivity contribution in [3.05, 3.63) is 29.6 Å². The molecule has 0 aromatic heterocycles. The van der Waals surface area contributed by atoms with Crippen LogP contribution in [0.1, 0.15) is 32.3 Å². The van der Waals surface area contributed by atoms with E-state index in [2.05, 4.69) is 0 Å². The average Bonchev–Trinajstić information content (AvgIpc) is 2.29. The summed E-state index contributed by atoms with van der Waals surface area (Å²) in [7, 11) is 0. The molecule has 0 heterocycles. The van der Waals surface area contributed by atoms with Crippen molar-refractivity contribution in [3.8, 4) is 5.75 Å². The molecule has 0 saturated carbocycles. The third kappa shape index (κ3) is 4.02. The molecular formula is C14H21FN2O. The molecule has 0 aliphatic rings. The van der Waals surface area contributed by atoms with Crippen LogP contribution in [0, 0.1) is 23.6 Å². The van der Waals surface area contributed by atoms with Gasteiger partial charge in [-0.3, -0.25) is 5.41 Å². The van der Waals surface area contributed by atoms with E-state index in [1.165, 1.54) is 6.07 Å². The van der Waals surface area contributed by atoms with Crippen LogP contribution in [-0.2, 0) is 0 Å². The van der Waals surface area contributed by atoms with Gasteiger partial charge in [-0.05, 0) is 43.5 Å². The van der Waals surface area contributed by atoms with Crippen LogP contribution in [0.4, 0.5) is 4.39 Å². The van der Waals surface area contributed by atoms with Gasteiger partial charge in [-0.1, -0.05) is 13.8 Å². The van der Waals surface area contributed by atoms with Gasteiger partial charge in [-0.25, -0.2) is 4.39 Å². The predicted octanol–water partition coefficient (Wildman–Crippen LogP) is 3.26. The van der Waals surface area contributed by atoms with Gasteiger partial charge >= 0.3 is 0 Å². The fourth-order valence-electron chi connectivity index (χ4n) is 1.55. The number of amidine groups is 1. The molecule has 0 radical (unpaired) electrons. The molecule has 0 bridgehead atoms. The quantitative estimate of drug-likeness (QED) is 0.464. The fourth-order valence-corrected chi connectivity index (χ4v) is 1.55. The molecule has 0 aliphatic carbocycles. The predicted molar refractivity (Wildman–Crippen MR) is 71.6 cm³/mol. The SMILES string of the molecule is Cc1cc(OCCCC(C)(C)C(=N)N)ccc1F. The average molecular weight is 252 g/mol. The van der Waals surface area contributed by atoms with Crippen molar-refractivity contribution in [2.45, 2.75) is 33.6 Å². The third-order valence-electron chi connectivity index (χ3n) is 3.07. The number of aryl methyl sites for hydroxylation is 1. The van der Waals surface area contributed by atoms with E-state index >= 15 is 0 Å². The number of halogens is 1. The van der Waals surface area contributed by atoms with Gasteiger partial charge in [-0.2, -0.15) is 0 Å². The van der Waals surface area contributed by atoms with Crippen molar-refractivity contribution in [1.82, 2.24) is 0 Å². The molecule has 0 spiro atoms. The highest BCUT2D eigenvalue weighted by molar-refractivity contribution is 5.82. The Balaban J connectivity index is 2.38. The summed E-state index contributed by atoms with van der Waals surface area (Å²) in [6.45, 7) is 6.14. The largest absolute Gasteiger partial charge is 0.494 e. The van der Waals surface area contributed by atoms with E-state index in [0.717, 1.165) is 12.8 Å². The Morgan fingerprint density at radius 1 is 1.44 bits per heavy atom. The Labute approximate surface area is 108 Å². The molecule has 3 N–H and O–H groups in total. The van der Waals surface area contributed by atoms with E-state index in [1.807, 2.05) is 13.8 Å². The molecule has 0 aliphatic heterocycles. The molecule has 0 saturated heterocycles. The van der Waals surface area contributed by atoms with Gasteiger partial charge in [0, 0.05) is 5.41 Å². The number of ether oxygens (including phenoxy) is 1. The van der Waals surface area contributed by atoms with Crippen molar-refractivity contribution in [1.29, 1.82) is 5.41 Å². The Kier molecular flexibility index (Phi) is 4.70. The minimum Gasteiger partial charge on any atom is -0.494 e. The molecule has 18 heavy (non-hydrogen) atoms. The number of rotatable bonds is 6. The van der Waals surface area contributed by atoms with Gasteiger partial charge < -0.3 is 10.5 Å². The van der Waals surface area contributed by atoms with Crippen molar-refractivity contribution >= 4 is 5.84 Å². The summed E-state index contributed by atoms with van der Waals surface area (Å²) in [4.78, 5) is 0. The maximum atomic E-state index is 13.0. The van der Waals surface area contributed by atoms with E-state index in [-0.39, 0.29) is 17.1 Å². The highest BCUT2D eigenvalue weighted by Crippen LogP contribution is 2.22. The second kappa shape index (κ2) is 5.85. The van der Waals surface area contributed by atoms with Crippen molar-refractivity contribution in [3.63, 3.8) is 0 Å². The molecule has 1 aromatic rings. The zero-order chi connectivity index (χ0) is 13.8. The van der Waals surface area contributed by atoms with Gasteiger partial charge in [0.1, 0.15) is 11.6 Å². The lowest BCUT2D eigenvalue weighted by Gasteiger charge is -2.22. The molecule has 3 nitrogen and oxygen atoms in total. The Bertz CT molecular complexity index is 430. The molecule has 4 heteroatoms. The van der Waals surface area contributed by atoms with Crippen LogP contribution in [0.3, 0.4) is 0 Å². The molecule has 100 valence electrons. The van der Waals surface area contributed by atoms with Crippen molar-refractivity contribution in [2.75, 3.05) is 6.61 Å². The first-order valence-corrected chi connectivity index (χ1v) is 6.06. The Morgan fingerprint density at radius 2 is 2.11 bits per heavy atom.